The number of hydrogen-bond donors (Lipinski definition) is 0. The van der Waals surface area contributed by atoms with Gasteiger partial charge in [0, 0.05) is 11.1 Å². The van der Waals surface area contributed by atoms with Gasteiger partial charge in [-0.15, -0.1) is 37.5 Å². The predicted octanol–water partition coefficient (Wildman–Crippen LogP) is 15.9. The highest BCUT2D eigenvalue weighted by molar-refractivity contribution is 5.98. The standard InChI is InChI=1S/C22H13N4.C20H22N3.2C19H15N4/c1-24-20-10-9-17(12-23)19-14-25-13-18-8-7-16(15-5-3-2-4-6-15)11-21(18)26(25)22(19)20;1-13-8-9-22-12-19-18(10-21)7-6-14(2)20(19)23(22)11-15(3)17(5)16(13)4;1-11-7-15-9-22-10-16-14(8-20)5-6-17(21-4)19(16)23(22)18(15)13(3)12(11)2;1-11-7-12(2)15-9-22-10-16-14(8-20)5-6-17(21-4)19(16)23(22)18(15)13(11)3/h2-11,14H,13H2;6-8,11-12H,9H2,1-5H3;2*5-7,10H,9H2,1-3H3/q4*+1/b;13-8+,15-11+,17-16-;;. The number of nitrogens with zero attached hydrogens (tertiary/aromatic N) is 15. The van der Waals surface area contributed by atoms with Crippen molar-refractivity contribution in [3.05, 3.63) is 274 Å². The highest BCUT2D eigenvalue weighted by Gasteiger charge is 2.36. The van der Waals surface area contributed by atoms with E-state index in [1.807, 2.05) is 48.9 Å². The van der Waals surface area contributed by atoms with Gasteiger partial charge in [0.1, 0.15) is 45.2 Å². The fraction of sp³-hybridized carbons (Fsp3) is 0.188. The molecule has 12 aromatic rings. The van der Waals surface area contributed by atoms with E-state index in [2.05, 4.69) is 213 Å². The van der Waals surface area contributed by atoms with Crippen molar-refractivity contribution in [2.24, 2.45) is 0 Å². The Morgan fingerprint density at radius 3 is 1.46 bits per heavy atom. The Bertz CT molecular complexity index is 5810. The van der Waals surface area contributed by atoms with Crippen LogP contribution in [0.15, 0.2) is 162 Å². The van der Waals surface area contributed by atoms with Crippen molar-refractivity contribution in [3.63, 3.8) is 0 Å². The van der Waals surface area contributed by atoms with Gasteiger partial charge in [-0.05, 0) is 179 Å². The molecule has 0 fully saturated rings. The number of benzene rings is 8. The highest BCUT2D eigenvalue weighted by atomic mass is 15.4. The van der Waals surface area contributed by atoms with Crippen LogP contribution < -0.4 is 18.7 Å². The smallest absolute Gasteiger partial charge is 0.217 e. The molecule has 0 N–H and O–H groups in total. The van der Waals surface area contributed by atoms with Crippen molar-refractivity contribution in [3.8, 4) is 52.5 Å². The van der Waals surface area contributed by atoms with Gasteiger partial charge in [0.15, 0.2) is 26.2 Å². The molecule has 0 unspecified atom stereocenters. The van der Waals surface area contributed by atoms with Gasteiger partial charge < -0.3 is 0 Å². The molecule has 456 valence electrons. The number of fused-ring (bicyclic) bond motifs is 18. The molecule has 0 aliphatic carbocycles. The molecular formula is C80H65N15+4. The van der Waals surface area contributed by atoms with Gasteiger partial charge in [-0.3, -0.25) is 0 Å². The van der Waals surface area contributed by atoms with Crippen LogP contribution in [0.5, 0.6) is 0 Å². The lowest BCUT2D eigenvalue weighted by molar-refractivity contribution is -0.753. The van der Waals surface area contributed by atoms with E-state index in [9.17, 15) is 21.0 Å². The van der Waals surface area contributed by atoms with E-state index in [4.69, 9.17) is 19.7 Å². The van der Waals surface area contributed by atoms with Crippen LogP contribution >= 0.6 is 0 Å². The Hall–Kier alpha value is -12.7. The zero-order valence-electron chi connectivity index (χ0n) is 54.9. The second kappa shape index (κ2) is 23.8. The lowest BCUT2D eigenvalue weighted by atomic mass is 9.98. The molecule has 4 aliphatic heterocycles. The molecule has 4 aliphatic rings. The molecule has 0 saturated carbocycles. The molecular weight excluding hydrogens is 1170 g/mol. The summed E-state index contributed by atoms with van der Waals surface area (Å²) in [5.74, 6) is 0. The molecule has 8 aromatic carbocycles. The predicted molar refractivity (Wildman–Crippen MR) is 368 cm³/mol. The maximum absolute atomic E-state index is 9.43. The first-order valence-electron chi connectivity index (χ1n) is 31.3. The number of aryl methyl sites for hydroxylation is 4. The molecule has 0 amide bonds. The minimum absolute atomic E-state index is 0.565. The average Bonchev–Trinajstić information content (AvgIpc) is 1.59. The van der Waals surface area contributed by atoms with Crippen LogP contribution in [-0.2, 0) is 26.2 Å². The largest absolute Gasteiger partial charge is 0.236 e. The van der Waals surface area contributed by atoms with E-state index in [-0.39, 0.29) is 0 Å². The Kier molecular flexibility index (Phi) is 15.3. The lowest BCUT2D eigenvalue weighted by Crippen LogP contribution is -2.40. The van der Waals surface area contributed by atoms with Crippen LogP contribution in [0.1, 0.15) is 106 Å². The van der Waals surface area contributed by atoms with E-state index in [1.54, 1.807) is 36.4 Å². The van der Waals surface area contributed by atoms with Gasteiger partial charge in [-0.25, -0.2) is 14.5 Å². The molecule has 4 aromatic heterocycles. The van der Waals surface area contributed by atoms with E-state index in [0.29, 0.717) is 33.8 Å². The van der Waals surface area contributed by atoms with Crippen molar-refractivity contribution in [1.29, 1.82) is 21.0 Å². The molecule has 15 heteroatoms. The van der Waals surface area contributed by atoms with Crippen molar-refractivity contribution in [2.75, 3.05) is 0 Å². The van der Waals surface area contributed by atoms with E-state index in [1.165, 1.54) is 77.9 Å². The Morgan fingerprint density at radius 1 is 0.411 bits per heavy atom. The van der Waals surface area contributed by atoms with Gasteiger partial charge in [0.2, 0.25) is 41.8 Å². The lowest BCUT2D eigenvalue weighted by Gasteiger charge is -2.10. The molecule has 0 radical (unpaired) electrons. The van der Waals surface area contributed by atoms with Crippen molar-refractivity contribution in [2.45, 2.75) is 102 Å². The third-order valence-electron chi connectivity index (χ3n) is 19.7. The monoisotopic (exact) mass is 1240 g/mol. The number of rotatable bonds is 1. The fourth-order valence-electron chi connectivity index (χ4n) is 14.0. The molecule has 16 rings (SSSR count). The molecule has 0 spiro atoms. The minimum Gasteiger partial charge on any atom is -0.236 e. The first-order chi connectivity index (χ1) is 45.9. The first-order valence-corrected chi connectivity index (χ1v) is 31.3. The molecule has 95 heavy (non-hydrogen) atoms. The summed E-state index contributed by atoms with van der Waals surface area (Å²) in [6.07, 6.45) is 12.5. The SMILES string of the molecule is CC1=C(C)/C(C)=C/n2c3c(C)ccc(C#N)c3c[n+]2C\C=C\1C.[C-]#[N+]c1ccc(C#N)c2c[n+]3n(c12)-c1c(C)c(C)cc(C)c1C3.[C-]#[N+]c1ccc(C#N)c2c[n+]3n(c12)-c1c(cc(C)c(C)c1C)C3.[C-]#[N+]c1ccc(C#N)c2c[n+]3n(c12)-c1cc(-c2ccccc2)ccc1C3. The summed E-state index contributed by atoms with van der Waals surface area (Å²) >= 11 is 0. The van der Waals surface area contributed by atoms with Crippen LogP contribution in [0, 0.1) is 114 Å². The first kappa shape index (κ1) is 61.2. The third-order valence-corrected chi connectivity index (χ3v) is 19.7. The normalized spacial score (nSPS) is 14.5. The summed E-state index contributed by atoms with van der Waals surface area (Å²) in [4.78, 5) is 11.0. The van der Waals surface area contributed by atoms with E-state index in [0.717, 1.165) is 104 Å². The number of aromatic nitrogens is 8. The second-order valence-corrected chi connectivity index (χ2v) is 24.9. The van der Waals surface area contributed by atoms with Crippen LogP contribution in [0.3, 0.4) is 0 Å². The Balaban J connectivity index is 0.000000115. The summed E-state index contributed by atoms with van der Waals surface area (Å²) in [5, 5.41) is 41.1. The van der Waals surface area contributed by atoms with Crippen LogP contribution in [-0.4, -0.2) is 18.7 Å². The summed E-state index contributed by atoms with van der Waals surface area (Å²) < 4.78 is 17.0. The molecule has 0 bridgehead atoms. The van der Waals surface area contributed by atoms with E-state index < -0.39 is 0 Å². The van der Waals surface area contributed by atoms with Crippen molar-refractivity contribution >= 4 is 66.9 Å². The summed E-state index contributed by atoms with van der Waals surface area (Å²) in [5.41, 5.74) is 31.3. The van der Waals surface area contributed by atoms with Gasteiger partial charge in [-0.1, -0.05) is 84.9 Å². The summed E-state index contributed by atoms with van der Waals surface area (Å²) in [6.45, 7) is 49.2. The average molecular weight is 1240 g/mol. The minimum atomic E-state index is 0.565. The van der Waals surface area contributed by atoms with Crippen molar-refractivity contribution in [1.82, 2.24) is 18.7 Å². The molecule has 8 heterocycles. The second-order valence-electron chi connectivity index (χ2n) is 24.9. The summed E-state index contributed by atoms with van der Waals surface area (Å²) in [7, 11) is 0. The molecule has 0 atom stereocenters. The molecule has 0 saturated heterocycles. The van der Waals surface area contributed by atoms with Crippen molar-refractivity contribution < 1.29 is 18.7 Å². The van der Waals surface area contributed by atoms with Gasteiger partial charge in [-0.2, -0.15) is 21.0 Å². The fourth-order valence-corrected chi connectivity index (χ4v) is 14.0. The molecule has 15 nitrogen and oxygen atoms in total. The van der Waals surface area contributed by atoms with Gasteiger partial charge in [0.05, 0.1) is 93.5 Å². The van der Waals surface area contributed by atoms with E-state index >= 15 is 0 Å². The Labute approximate surface area is 551 Å². The van der Waals surface area contributed by atoms with Crippen LogP contribution in [0.4, 0.5) is 17.1 Å². The highest BCUT2D eigenvalue weighted by Crippen LogP contribution is 2.40. The topological polar surface area (TPSA) is 143 Å². The number of allylic oxidation sites excluding steroid dienone is 5. The maximum atomic E-state index is 9.43. The van der Waals surface area contributed by atoms with Gasteiger partial charge >= 0.3 is 0 Å². The van der Waals surface area contributed by atoms with Crippen LogP contribution in [0.2, 0.25) is 0 Å². The summed E-state index contributed by atoms with van der Waals surface area (Å²) in [6, 6.07) is 44.6. The zero-order chi connectivity index (χ0) is 67.0. The van der Waals surface area contributed by atoms with Crippen LogP contribution in [0.25, 0.3) is 92.5 Å². The third kappa shape index (κ3) is 9.89. The maximum Gasteiger partial charge on any atom is 0.217 e. The zero-order valence-corrected chi connectivity index (χ0v) is 54.9. The number of nitriles is 4. The quantitative estimate of drug-likeness (QED) is 0.119. The Morgan fingerprint density at radius 2 is 0.895 bits per heavy atom. The number of hydrogen-bond acceptors (Lipinski definition) is 4. The van der Waals surface area contributed by atoms with Gasteiger partial charge in [0.25, 0.3) is 0 Å².